The van der Waals surface area contributed by atoms with Crippen LogP contribution in [-0.4, -0.2) is 9.85 Å². The molecule has 0 atom stereocenters. The third-order valence-electron chi connectivity index (χ3n) is 3.81. The van der Waals surface area contributed by atoms with Gasteiger partial charge in [0.2, 0.25) is 0 Å². The maximum absolute atomic E-state index is 11.3. The summed E-state index contributed by atoms with van der Waals surface area (Å²) in [5.74, 6) is -1.04. The molecule has 0 amide bonds. The Hall–Kier alpha value is -3.54. The lowest BCUT2D eigenvalue weighted by molar-refractivity contribution is -0.614. The fraction of sp³-hybridized carbons (Fsp3) is 0.100. The second-order valence-electron chi connectivity index (χ2n) is 5.59. The molecule has 0 saturated carbocycles. The van der Waals surface area contributed by atoms with Gasteiger partial charge in [-0.25, -0.2) is 0 Å². The number of nitrogens with zero attached hydrogens (tertiary/aromatic N) is 2. The van der Waals surface area contributed by atoms with Gasteiger partial charge in [0.25, 0.3) is 0 Å². The van der Waals surface area contributed by atoms with Crippen molar-refractivity contribution in [3.05, 3.63) is 122 Å². The average molecular weight is 350 g/mol. The van der Waals surface area contributed by atoms with Crippen LogP contribution in [0.15, 0.2) is 79.7 Å². The first-order valence-electron chi connectivity index (χ1n) is 7.91. The van der Waals surface area contributed by atoms with Gasteiger partial charge in [-0.2, -0.15) is 0 Å². The first-order chi connectivity index (χ1) is 12.5. The first-order valence-corrected chi connectivity index (χ1v) is 7.91. The SMILES string of the molecule is C=CCc1ccc(C(=C([N+](=O)[O-])[N+](=O)[O-])c2ccc(CC=C)cc2)cc1. The van der Waals surface area contributed by atoms with Crippen molar-refractivity contribution in [1.29, 1.82) is 0 Å². The van der Waals surface area contributed by atoms with Crippen LogP contribution in [0.3, 0.4) is 0 Å². The van der Waals surface area contributed by atoms with Gasteiger partial charge in [0.05, 0.1) is 0 Å². The number of allylic oxidation sites excluding steroid dienone is 2. The van der Waals surface area contributed by atoms with Gasteiger partial charge < -0.3 is 0 Å². The highest BCUT2D eigenvalue weighted by Crippen LogP contribution is 2.28. The molecule has 0 N–H and O–H groups in total. The number of hydrogen-bond acceptors (Lipinski definition) is 4. The van der Waals surface area contributed by atoms with Crippen molar-refractivity contribution in [2.45, 2.75) is 12.8 Å². The van der Waals surface area contributed by atoms with E-state index in [1.807, 2.05) is 0 Å². The Labute approximate surface area is 151 Å². The molecule has 0 fully saturated rings. The van der Waals surface area contributed by atoms with Gasteiger partial charge in [-0.3, -0.25) is 20.2 Å². The van der Waals surface area contributed by atoms with Gasteiger partial charge in [-0.1, -0.05) is 60.7 Å². The molecule has 0 aromatic heterocycles. The highest BCUT2D eigenvalue weighted by atomic mass is 16.7. The molecule has 26 heavy (non-hydrogen) atoms. The van der Waals surface area contributed by atoms with E-state index in [9.17, 15) is 20.2 Å². The van der Waals surface area contributed by atoms with E-state index in [1.54, 1.807) is 60.7 Å². The van der Waals surface area contributed by atoms with Gasteiger partial charge in [-0.05, 0) is 35.1 Å². The zero-order chi connectivity index (χ0) is 19.1. The van der Waals surface area contributed by atoms with Crippen LogP contribution in [0.1, 0.15) is 22.3 Å². The molecule has 6 nitrogen and oxygen atoms in total. The van der Waals surface area contributed by atoms with Gasteiger partial charge >= 0.3 is 5.82 Å². The lowest BCUT2D eigenvalue weighted by Gasteiger charge is -2.08. The van der Waals surface area contributed by atoms with Crippen molar-refractivity contribution in [2.24, 2.45) is 0 Å². The van der Waals surface area contributed by atoms with E-state index in [2.05, 4.69) is 13.2 Å². The smallest absolute Gasteiger partial charge is 0.253 e. The highest BCUT2D eigenvalue weighted by molar-refractivity contribution is 5.80. The molecule has 0 unspecified atom stereocenters. The monoisotopic (exact) mass is 350 g/mol. The van der Waals surface area contributed by atoms with E-state index >= 15 is 0 Å². The maximum Gasteiger partial charge on any atom is 0.567 e. The van der Waals surface area contributed by atoms with Crippen molar-refractivity contribution >= 4 is 5.57 Å². The Morgan fingerprint density at radius 3 is 1.38 bits per heavy atom. The van der Waals surface area contributed by atoms with E-state index < -0.39 is 15.7 Å². The highest BCUT2D eigenvalue weighted by Gasteiger charge is 2.33. The van der Waals surface area contributed by atoms with Gasteiger partial charge in [-0.15, -0.1) is 13.2 Å². The summed E-state index contributed by atoms with van der Waals surface area (Å²) in [5, 5.41) is 22.7. The topological polar surface area (TPSA) is 86.3 Å². The second-order valence-corrected chi connectivity index (χ2v) is 5.59. The summed E-state index contributed by atoms with van der Waals surface area (Å²) in [6, 6.07) is 13.7. The summed E-state index contributed by atoms with van der Waals surface area (Å²) in [5.41, 5.74) is 2.74. The fourth-order valence-corrected chi connectivity index (χ4v) is 2.62. The largest absolute Gasteiger partial charge is 0.567 e. The Morgan fingerprint density at radius 1 is 0.769 bits per heavy atom. The minimum Gasteiger partial charge on any atom is -0.253 e. The van der Waals surface area contributed by atoms with Crippen molar-refractivity contribution < 1.29 is 9.85 Å². The summed E-state index contributed by atoms with van der Waals surface area (Å²) in [7, 11) is 0. The molecular formula is C20H18N2O4. The maximum atomic E-state index is 11.3. The number of rotatable bonds is 8. The number of hydrogen-bond donors (Lipinski definition) is 0. The molecule has 0 heterocycles. The Kier molecular flexibility index (Phi) is 6.16. The van der Waals surface area contributed by atoms with Gasteiger partial charge in [0.1, 0.15) is 15.4 Å². The van der Waals surface area contributed by atoms with Gasteiger partial charge in [0, 0.05) is 0 Å². The van der Waals surface area contributed by atoms with Crippen molar-refractivity contribution in [3.63, 3.8) is 0 Å². The van der Waals surface area contributed by atoms with E-state index in [4.69, 9.17) is 0 Å². The Balaban J connectivity index is 2.64. The van der Waals surface area contributed by atoms with Crippen LogP contribution >= 0.6 is 0 Å². The Morgan fingerprint density at radius 2 is 1.12 bits per heavy atom. The van der Waals surface area contributed by atoms with Crippen LogP contribution in [-0.2, 0) is 12.8 Å². The summed E-state index contributed by atoms with van der Waals surface area (Å²) in [4.78, 5) is 20.8. The lowest BCUT2D eigenvalue weighted by atomic mass is 9.95. The zero-order valence-electron chi connectivity index (χ0n) is 14.1. The van der Waals surface area contributed by atoms with Crippen LogP contribution in [0.2, 0.25) is 0 Å². The summed E-state index contributed by atoms with van der Waals surface area (Å²) in [6.07, 6.45) is 4.77. The summed E-state index contributed by atoms with van der Waals surface area (Å²) < 4.78 is 0. The predicted molar refractivity (Wildman–Crippen MR) is 101 cm³/mol. The molecule has 0 aliphatic heterocycles. The van der Waals surface area contributed by atoms with Crippen LogP contribution in [0.4, 0.5) is 0 Å². The quantitative estimate of drug-likeness (QED) is 0.401. The normalized spacial score (nSPS) is 10.0. The fourth-order valence-electron chi connectivity index (χ4n) is 2.62. The van der Waals surface area contributed by atoms with Crippen molar-refractivity contribution in [3.8, 4) is 0 Å². The molecule has 132 valence electrons. The molecule has 2 rings (SSSR count). The van der Waals surface area contributed by atoms with E-state index in [0.29, 0.717) is 24.0 Å². The molecule has 0 radical (unpaired) electrons. The number of benzene rings is 2. The van der Waals surface area contributed by atoms with Crippen molar-refractivity contribution in [2.75, 3.05) is 0 Å². The van der Waals surface area contributed by atoms with Crippen LogP contribution in [0.5, 0.6) is 0 Å². The predicted octanol–water partition coefficient (Wildman–Crippen LogP) is 4.41. The molecule has 6 heteroatoms. The van der Waals surface area contributed by atoms with E-state index in [1.165, 1.54) is 0 Å². The third kappa shape index (κ3) is 4.30. The van der Waals surface area contributed by atoms with E-state index in [0.717, 1.165) is 11.1 Å². The first kappa shape index (κ1) is 18.8. The number of nitro groups is 2. The molecule has 0 spiro atoms. The van der Waals surface area contributed by atoms with Crippen LogP contribution < -0.4 is 0 Å². The molecular weight excluding hydrogens is 332 g/mol. The lowest BCUT2D eigenvalue weighted by Crippen LogP contribution is -2.13. The third-order valence-corrected chi connectivity index (χ3v) is 3.81. The summed E-state index contributed by atoms with van der Waals surface area (Å²) in [6.45, 7) is 7.33. The molecule has 2 aromatic rings. The zero-order valence-corrected chi connectivity index (χ0v) is 14.1. The average Bonchev–Trinajstić information content (AvgIpc) is 2.61. The minimum atomic E-state index is -1.04. The molecule has 0 aliphatic carbocycles. The molecule has 0 aliphatic rings. The molecule has 2 aromatic carbocycles. The Bertz CT molecular complexity index is 794. The second kappa shape index (κ2) is 8.53. The van der Waals surface area contributed by atoms with Gasteiger partial charge in [0.15, 0.2) is 0 Å². The standard InChI is InChI=1S/C20H18N2O4/c1-3-5-15-7-11-17(12-8-15)19(20(21(23)24)22(25)26)18-13-9-16(6-4-2)10-14-18/h3-4,7-14H,1-2,5-6H2. The van der Waals surface area contributed by atoms with Crippen LogP contribution in [0.25, 0.3) is 5.57 Å². The summed E-state index contributed by atoms with van der Waals surface area (Å²) >= 11 is 0. The van der Waals surface area contributed by atoms with Crippen molar-refractivity contribution in [1.82, 2.24) is 0 Å². The molecule has 0 bridgehead atoms. The van der Waals surface area contributed by atoms with Crippen LogP contribution in [0, 0.1) is 20.2 Å². The van der Waals surface area contributed by atoms with E-state index in [-0.39, 0.29) is 5.57 Å². The molecule has 0 saturated heterocycles. The minimum absolute atomic E-state index is 0.0182.